The van der Waals surface area contributed by atoms with Gasteiger partial charge in [0.1, 0.15) is 13.2 Å². The van der Waals surface area contributed by atoms with Crippen molar-refractivity contribution in [3.8, 4) is 0 Å². The molecule has 0 amide bonds. The summed E-state index contributed by atoms with van der Waals surface area (Å²) in [6.45, 7) is 6.65. The molecule has 2 atom stereocenters. The first kappa shape index (κ1) is 25.7. The van der Waals surface area contributed by atoms with E-state index in [-0.39, 0.29) is 24.3 Å². The van der Waals surface area contributed by atoms with Gasteiger partial charge < -0.3 is 18.7 Å². The molecule has 0 saturated heterocycles. The Morgan fingerprint density at radius 1 is 1.15 bits per heavy atom. The Kier molecular flexibility index (Phi) is 11.7. The van der Waals surface area contributed by atoms with Gasteiger partial charge in [-0.2, -0.15) is 11.8 Å². The molecule has 2 unspecified atom stereocenters. The molecule has 7 nitrogen and oxygen atoms in total. The van der Waals surface area contributed by atoms with E-state index in [2.05, 4.69) is 4.74 Å². The summed E-state index contributed by atoms with van der Waals surface area (Å²) in [6, 6.07) is 0. The minimum Gasteiger partial charge on any atom is -0.469 e. The van der Waals surface area contributed by atoms with Crippen LogP contribution >= 0.6 is 11.8 Å². The van der Waals surface area contributed by atoms with Crippen molar-refractivity contribution < 1.29 is 33.1 Å². The Bertz CT molecular complexity index is 491. The molecule has 0 aromatic rings. The number of ether oxygens (including phenoxy) is 3. The van der Waals surface area contributed by atoms with Gasteiger partial charge in [-0.1, -0.05) is 6.92 Å². The van der Waals surface area contributed by atoms with Gasteiger partial charge in [-0.05, 0) is 20.3 Å². The van der Waals surface area contributed by atoms with Gasteiger partial charge in [0.2, 0.25) is 0 Å². The van der Waals surface area contributed by atoms with Crippen molar-refractivity contribution in [2.45, 2.75) is 33.6 Å². The Morgan fingerprint density at radius 2 is 1.78 bits per heavy atom. The molecule has 0 saturated carbocycles. The average Bonchev–Trinajstić information content (AvgIpc) is 2.57. The zero-order chi connectivity index (χ0) is 21.1. The quantitative estimate of drug-likeness (QED) is 0.201. The van der Waals surface area contributed by atoms with Gasteiger partial charge in [0.25, 0.3) is 0 Å². The zero-order valence-electron chi connectivity index (χ0n) is 17.8. The number of thioether (sulfide) groups is 1. The van der Waals surface area contributed by atoms with Gasteiger partial charge in [0, 0.05) is 11.5 Å². The summed E-state index contributed by atoms with van der Waals surface area (Å²) in [6.07, 6.45) is 0.613. The molecule has 0 radical (unpaired) electrons. The van der Waals surface area contributed by atoms with Gasteiger partial charge in [0.05, 0.1) is 52.6 Å². The second-order valence-electron chi connectivity index (χ2n) is 7.95. The van der Waals surface area contributed by atoms with Gasteiger partial charge in [0.15, 0.2) is 0 Å². The van der Waals surface area contributed by atoms with Crippen LogP contribution in [0.15, 0.2) is 0 Å². The predicted octanol–water partition coefficient (Wildman–Crippen LogP) is 2.13. The lowest BCUT2D eigenvalue weighted by Gasteiger charge is -2.30. The molecule has 0 aliphatic heterocycles. The number of likely N-dealkylation sites (N-methyl/N-ethyl adjacent to an activating group) is 1. The average molecular weight is 407 g/mol. The standard InChI is InChI=1S/C19H36NO6S/c1-8-25-17(22)15(2)13-19(3,14-27-12-9-16(21)24-7)18(23)26-11-10-20(4,5)6/h15H,8-14H2,1-7H3/q+1. The lowest BCUT2D eigenvalue weighted by Crippen LogP contribution is -2.41. The van der Waals surface area contributed by atoms with Crippen molar-refractivity contribution in [1.29, 1.82) is 0 Å². The topological polar surface area (TPSA) is 78.9 Å². The summed E-state index contributed by atoms with van der Waals surface area (Å²) in [5.74, 6) is -0.337. The van der Waals surface area contributed by atoms with E-state index in [1.807, 2.05) is 28.1 Å². The van der Waals surface area contributed by atoms with E-state index in [9.17, 15) is 14.4 Å². The van der Waals surface area contributed by atoms with Crippen molar-refractivity contribution in [3.05, 3.63) is 0 Å². The van der Waals surface area contributed by atoms with E-state index in [0.717, 1.165) is 0 Å². The molecule has 0 rings (SSSR count). The predicted molar refractivity (Wildman–Crippen MR) is 106 cm³/mol. The molecule has 0 fully saturated rings. The number of nitrogens with zero attached hydrogens (tertiary/aromatic N) is 1. The van der Waals surface area contributed by atoms with E-state index in [4.69, 9.17) is 9.47 Å². The number of carbonyl (C=O) groups is 3. The van der Waals surface area contributed by atoms with Gasteiger partial charge >= 0.3 is 17.9 Å². The first-order valence-corrected chi connectivity index (χ1v) is 10.4. The smallest absolute Gasteiger partial charge is 0.312 e. The maximum Gasteiger partial charge on any atom is 0.312 e. The van der Waals surface area contributed by atoms with Crippen molar-refractivity contribution in [2.24, 2.45) is 11.3 Å². The highest BCUT2D eigenvalue weighted by Gasteiger charge is 2.38. The Balaban J connectivity index is 4.92. The summed E-state index contributed by atoms with van der Waals surface area (Å²) >= 11 is 1.48. The highest BCUT2D eigenvalue weighted by atomic mass is 32.2. The SMILES string of the molecule is CCOC(=O)C(C)CC(C)(CSCCC(=O)OC)C(=O)OCC[N+](C)(C)C. The molecular formula is C19H36NO6S+. The Hall–Kier alpha value is -1.28. The second kappa shape index (κ2) is 12.2. The maximum absolute atomic E-state index is 12.8. The van der Waals surface area contributed by atoms with Crippen LogP contribution in [0, 0.1) is 11.3 Å². The van der Waals surface area contributed by atoms with Crippen molar-refractivity contribution in [2.75, 3.05) is 59.5 Å². The van der Waals surface area contributed by atoms with Crippen LogP contribution in [0.2, 0.25) is 0 Å². The van der Waals surface area contributed by atoms with Gasteiger partial charge in [-0.25, -0.2) is 0 Å². The number of carbonyl (C=O) groups excluding carboxylic acids is 3. The van der Waals surface area contributed by atoms with Gasteiger partial charge in [-0.3, -0.25) is 14.4 Å². The summed E-state index contributed by atoms with van der Waals surface area (Å²) in [5.41, 5.74) is -0.835. The minimum atomic E-state index is -0.835. The van der Waals surface area contributed by atoms with Crippen LogP contribution in [0.5, 0.6) is 0 Å². The van der Waals surface area contributed by atoms with Crippen LogP contribution in [-0.4, -0.2) is 81.9 Å². The lowest BCUT2D eigenvalue weighted by atomic mass is 9.83. The third-order valence-corrected chi connectivity index (χ3v) is 5.37. The monoisotopic (exact) mass is 406 g/mol. The van der Waals surface area contributed by atoms with Crippen molar-refractivity contribution in [1.82, 2.24) is 0 Å². The summed E-state index contributed by atoms with van der Waals surface area (Å²) in [7, 11) is 7.43. The van der Waals surface area contributed by atoms with Crippen LogP contribution < -0.4 is 0 Å². The summed E-state index contributed by atoms with van der Waals surface area (Å²) < 4.78 is 15.9. The number of hydrogen-bond acceptors (Lipinski definition) is 7. The lowest BCUT2D eigenvalue weighted by molar-refractivity contribution is -0.870. The highest BCUT2D eigenvalue weighted by molar-refractivity contribution is 7.99. The first-order chi connectivity index (χ1) is 12.4. The summed E-state index contributed by atoms with van der Waals surface area (Å²) in [5, 5.41) is 0. The Morgan fingerprint density at radius 3 is 2.30 bits per heavy atom. The normalized spacial score (nSPS) is 14.8. The van der Waals surface area contributed by atoms with Crippen LogP contribution in [0.1, 0.15) is 33.6 Å². The molecule has 8 heteroatoms. The van der Waals surface area contributed by atoms with Crippen LogP contribution in [0.4, 0.5) is 0 Å². The third-order valence-electron chi connectivity index (χ3n) is 4.03. The van der Waals surface area contributed by atoms with Crippen molar-refractivity contribution >= 4 is 29.7 Å². The molecule has 0 aliphatic rings. The van der Waals surface area contributed by atoms with Crippen LogP contribution in [-0.2, 0) is 28.6 Å². The molecule has 158 valence electrons. The second-order valence-corrected chi connectivity index (χ2v) is 9.05. The molecule has 0 bridgehead atoms. The largest absolute Gasteiger partial charge is 0.469 e. The van der Waals surface area contributed by atoms with Gasteiger partial charge in [-0.15, -0.1) is 0 Å². The third kappa shape index (κ3) is 11.2. The molecule has 0 aromatic carbocycles. The molecule has 0 N–H and O–H groups in total. The molecule has 0 aromatic heterocycles. The van der Waals surface area contributed by atoms with E-state index in [1.165, 1.54) is 18.9 Å². The fraction of sp³-hybridized carbons (Fsp3) is 0.842. The fourth-order valence-electron chi connectivity index (χ4n) is 2.39. The number of rotatable bonds is 13. The summed E-state index contributed by atoms with van der Waals surface area (Å²) in [4.78, 5) is 36.0. The molecule has 27 heavy (non-hydrogen) atoms. The fourth-order valence-corrected chi connectivity index (χ4v) is 3.53. The van der Waals surface area contributed by atoms with E-state index in [1.54, 1.807) is 13.8 Å². The molecule has 0 aliphatic carbocycles. The number of quaternary nitrogens is 1. The highest BCUT2D eigenvalue weighted by Crippen LogP contribution is 2.33. The minimum absolute atomic E-state index is 0.279. The van der Waals surface area contributed by atoms with Crippen LogP contribution in [0.3, 0.4) is 0 Å². The molecular weight excluding hydrogens is 370 g/mol. The number of esters is 3. The molecule has 0 heterocycles. The maximum atomic E-state index is 12.8. The molecule has 0 spiro atoms. The van der Waals surface area contributed by atoms with E-state index < -0.39 is 11.3 Å². The van der Waals surface area contributed by atoms with Crippen molar-refractivity contribution in [3.63, 3.8) is 0 Å². The zero-order valence-corrected chi connectivity index (χ0v) is 18.6. The Labute approximate surface area is 167 Å². The van der Waals surface area contributed by atoms with Crippen LogP contribution in [0.25, 0.3) is 0 Å². The first-order valence-electron chi connectivity index (χ1n) is 9.24. The number of hydrogen-bond donors (Lipinski definition) is 0. The van der Waals surface area contributed by atoms with E-state index >= 15 is 0 Å². The van der Waals surface area contributed by atoms with E-state index in [0.29, 0.717) is 42.2 Å². The number of methoxy groups -OCH3 is 1.